The number of benzene rings is 1. The molecule has 0 fully saturated rings. The summed E-state index contributed by atoms with van der Waals surface area (Å²) < 4.78 is 0. The molecule has 0 aliphatic rings. The summed E-state index contributed by atoms with van der Waals surface area (Å²) >= 11 is 6.06. The Bertz CT molecular complexity index is 511. The largest absolute Gasteiger partial charge is 0.382 e. The van der Waals surface area contributed by atoms with Crippen LogP contribution in [0.2, 0.25) is 5.15 Å². The minimum atomic E-state index is 0.456. The van der Waals surface area contributed by atoms with Gasteiger partial charge in [-0.3, -0.25) is 0 Å². The summed E-state index contributed by atoms with van der Waals surface area (Å²) in [6.45, 7) is 5.33. The quantitative estimate of drug-likeness (QED) is 0.807. The van der Waals surface area contributed by atoms with E-state index in [9.17, 15) is 0 Å². The van der Waals surface area contributed by atoms with Gasteiger partial charge in [-0.25, -0.2) is 4.98 Å². The number of hydrogen-bond donors (Lipinski definition) is 1. The number of halogens is 1. The number of anilines is 1. The lowest BCUT2D eigenvalue weighted by molar-refractivity contribution is 0.517. The van der Waals surface area contributed by atoms with E-state index in [4.69, 9.17) is 11.6 Å². The highest BCUT2D eigenvalue weighted by atomic mass is 35.5. The zero-order valence-corrected chi connectivity index (χ0v) is 12.1. The Kier molecular flexibility index (Phi) is 4.80. The molecule has 2 nitrogen and oxygen atoms in total. The summed E-state index contributed by atoms with van der Waals surface area (Å²) in [6, 6.07) is 14.4. The van der Waals surface area contributed by atoms with Crippen LogP contribution in [0.3, 0.4) is 0 Å². The van der Waals surface area contributed by atoms with Gasteiger partial charge in [-0.15, -0.1) is 0 Å². The Morgan fingerprint density at radius 3 is 2.47 bits per heavy atom. The molecule has 0 aliphatic heterocycles. The van der Waals surface area contributed by atoms with Crippen LogP contribution in [-0.2, 0) is 0 Å². The maximum atomic E-state index is 6.06. The zero-order valence-electron chi connectivity index (χ0n) is 11.3. The van der Waals surface area contributed by atoms with Gasteiger partial charge in [0.1, 0.15) is 0 Å². The first-order chi connectivity index (χ1) is 9.18. The van der Waals surface area contributed by atoms with E-state index in [1.54, 1.807) is 6.20 Å². The second-order valence-corrected chi connectivity index (χ2v) is 5.34. The van der Waals surface area contributed by atoms with Gasteiger partial charge in [0.25, 0.3) is 0 Å². The predicted octanol–water partition coefficient (Wildman–Crippen LogP) is 4.59. The van der Waals surface area contributed by atoms with Crippen molar-refractivity contribution < 1.29 is 0 Å². The number of hydrogen-bond acceptors (Lipinski definition) is 2. The fourth-order valence-electron chi connectivity index (χ4n) is 2.18. The topological polar surface area (TPSA) is 24.9 Å². The third kappa shape index (κ3) is 3.71. The Labute approximate surface area is 119 Å². The molecule has 0 saturated carbocycles. The lowest BCUT2D eigenvalue weighted by Gasteiger charge is -2.22. The first kappa shape index (κ1) is 13.9. The van der Waals surface area contributed by atoms with Crippen LogP contribution in [0.15, 0.2) is 48.7 Å². The van der Waals surface area contributed by atoms with Crippen molar-refractivity contribution in [1.29, 1.82) is 0 Å². The summed E-state index contributed by atoms with van der Waals surface area (Å²) in [5.74, 6) is 1.02. The Morgan fingerprint density at radius 2 is 1.84 bits per heavy atom. The molecule has 1 unspecified atom stereocenters. The van der Waals surface area contributed by atoms with Crippen LogP contribution in [0.1, 0.15) is 25.3 Å². The molecule has 1 heterocycles. The average Bonchev–Trinajstić information content (AvgIpc) is 2.42. The molecular formula is C16H19ClN2. The van der Waals surface area contributed by atoms with Crippen LogP contribution in [0.4, 0.5) is 5.69 Å². The monoisotopic (exact) mass is 274 g/mol. The number of nitrogens with one attached hydrogen (secondary N) is 1. The standard InChI is InChI=1S/C16H19ClN2/c1-12(2)14(13-7-4-3-5-8-13)11-19-15-9-6-10-18-16(15)17/h3-10,12,14,19H,11H2,1-2H3. The molecule has 1 aromatic heterocycles. The van der Waals surface area contributed by atoms with Crippen molar-refractivity contribution in [2.45, 2.75) is 19.8 Å². The average molecular weight is 275 g/mol. The van der Waals surface area contributed by atoms with Gasteiger partial charge >= 0.3 is 0 Å². The first-order valence-electron chi connectivity index (χ1n) is 6.58. The SMILES string of the molecule is CC(C)C(CNc1cccnc1Cl)c1ccccc1. The van der Waals surface area contributed by atoms with Crippen molar-refractivity contribution in [1.82, 2.24) is 4.98 Å². The van der Waals surface area contributed by atoms with Crippen molar-refractivity contribution in [3.05, 3.63) is 59.4 Å². The second kappa shape index (κ2) is 6.58. The fraction of sp³-hybridized carbons (Fsp3) is 0.312. The van der Waals surface area contributed by atoms with Crippen LogP contribution < -0.4 is 5.32 Å². The maximum Gasteiger partial charge on any atom is 0.152 e. The van der Waals surface area contributed by atoms with Gasteiger partial charge < -0.3 is 5.32 Å². The normalized spacial score (nSPS) is 12.4. The minimum Gasteiger partial charge on any atom is -0.382 e. The number of aromatic nitrogens is 1. The van der Waals surface area contributed by atoms with Crippen molar-refractivity contribution in [3.8, 4) is 0 Å². The highest BCUT2D eigenvalue weighted by Crippen LogP contribution is 2.26. The van der Waals surface area contributed by atoms with Crippen molar-refractivity contribution in [3.63, 3.8) is 0 Å². The fourth-order valence-corrected chi connectivity index (χ4v) is 2.36. The van der Waals surface area contributed by atoms with E-state index in [1.807, 2.05) is 18.2 Å². The molecule has 3 heteroatoms. The summed E-state index contributed by atoms with van der Waals surface area (Å²) in [4.78, 5) is 4.08. The molecule has 0 radical (unpaired) electrons. The van der Waals surface area contributed by atoms with E-state index in [-0.39, 0.29) is 0 Å². The Morgan fingerprint density at radius 1 is 1.11 bits per heavy atom. The molecular weight excluding hydrogens is 256 g/mol. The first-order valence-corrected chi connectivity index (χ1v) is 6.95. The van der Waals surface area contributed by atoms with Gasteiger partial charge in [0.15, 0.2) is 5.15 Å². The Balaban J connectivity index is 2.09. The second-order valence-electron chi connectivity index (χ2n) is 4.98. The summed E-state index contributed by atoms with van der Waals surface area (Å²) in [7, 11) is 0. The highest BCUT2D eigenvalue weighted by Gasteiger charge is 2.15. The van der Waals surface area contributed by atoms with E-state index >= 15 is 0 Å². The third-order valence-electron chi connectivity index (χ3n) is 3.30. The lowest BCUT2D eigenvalue weighted by Crippen LogP contribution is -2.18. The van der Waals surface area contributed by atoms with Crippen molar-refractivity contribution in [2.24, 2.45) is 5.92 Å². The van der Waals surface area contributed by atoms with Crippen LogP contribution in [0.25, 0.3) is 0 Å². The molecule has 0 bridgehead atoms. The van der Waals surface area contributed by atoms with E-state index < -0.39 is 0 Å². The molecule has 19 heavy (non-hydrogen) atoms. The van der Waals surface area contributed by atoms with E-state index in [0.717, 1.165) is 12.2 Å². The lowest BCUT2D eigenvalue weighted by atomic mass is 9.88. The molecule has 100 valence electrons. The summed E-state index contributed by atoms with van der Waals surface area (Å²) in [6.07, 6.45) is 1.70. The molecule has 2 aromatic rings. The Hall–Kier alpha value is -1.54. The van der Waals surface area contributed by atoms with Gasteiger partial charge in [0.2, 0.25) is 0 Å². The van der Waals surface area contributed by atoms with Gasteiger partial charge in [0.05, 0.1) is 5.69 Å². The molecule has 2 rings (SSSR count). The smallest absolute Gasteiger partial charge is 0.152 e. The van der Waals surface area contributed by atoms with Gasteiger partial charge in [-0.2, -0.15) is 0 Å². The van der Waals surface area contributed by atoms with Gasteiger partial charge in [-0.1, -0.05) is 55.8 Å². The van der Waals surface area contributed by atoms with Crippen LogP contribution in [-0.4, -0.2) is 11.5 Å². The maximum absolute atomic E-state index is 6.06. The van der Waals surface area contributed by atoms with Crippen molar-refractivity contribution >= 4 is 17.3 Å². The predicted molar refractivity (Wildman–Crippen MR) is 81.8 cm³/mol. The molecule has 0 aliphatic carbocycles. The molecule has 1 aromatic carbocycles. The zero-order chi connectivity index (χ0) is 13.7. The van der Waals surface area contributed by atoms with Crippen LogP contribution in [0, 0.1) is 5.92 Å². The highest BCUT2D eigenvalue weighted by molar-refractivity contribution is 6.31. The summed E-state index contributed by atoms with van der Waals surface area (Å²) in [5.41, 5.74) is 2.25. The van der Waals surface area contributed by atoms with E-state index in [0.29, 0.717) is 17.0 Å². The van der Waals surface area contributed by atoms with E-state index in [1.165, 1.54) is 5.56 Å². The molecule has 1 atom stereocenters. The number of nitrogens with zero attached hydrogens (tertiary/aromatic N) is 1. The number of pyridine rings is 1. The van der Waals surface area contributed by atoms with Crippen LogP contribution in [0.5, 0.6) is 0 Å². The van der Waals surface area contributed by atoms with Crippen LogP contribution >= 0.6 is 11.6 Å². The molecule has 1 N–H and O–H groups in total. The third-order valence-corrected chi connectivity index (χ3v) is 3.61. The van der Waals surface area contributed by atoms with Crippen molar-refractivity contribution in [2.75, 3.05) is 11.9 Å². The molecule has 0 saturated heterocycles. The summed E-state index contributed by atoms with van der Waals surface area (Å²) in [5, 5.41) is 3.92. The van der Waals surface area contributed by atoms with E-state index in [2.05, 4.69) is 48.4 Å². The minimum absolute atomic E-state index is 0.456. The van der Waals surface area contributed by atoms with Gasteiger partial charge in [-0.05, 0) is 23.6 Å². The molecule has 0 amide bonds. The molecule has 0 spiro atoms. The number of rotatable bonds is 5. The van der Waals surface area contributed by atoms with Gasteiger partial charge in [0, 0.05) is 18.7 Å².